The quantitative estimate of drug-likeness (QED) is 0.466. The van der Waals surface area contributed by atoms with Gasteiger partial charge in [0.15, 0.2) is 11.5 Å². The monoisotopic (exact) mass is 193 g/mol. The lowest BCUT2D eigenvalue weighted by atomic mass is 9.91. The first-order valence-corrected chi connectivity index (χ1v) is 4.33. The van der Waals surface area contributed by atoms with E-state index < -0.39 is 11.5 Å². The van der Waals surface area contributed by atoms with Crippen molar-refractivity contribution in [3.8, 4) is 11.5 Å². The summed E-state index contributed by atoms with van der Waals surface area (Å²) in [5.41, 5.74) is 5.49. The second-order valence-corrected chi connectivity index (χ2v) is 3.75. The maximum atomic E-state index is 11.4. The minimum atomic E-state index is -0.999. The molecule has 14 heavy (non-hydrogen) atoms. The minimum Gasteiger partial charge on any atom is -0.504 e. The van der Waals surface area contributed by atoms with Gasteiger partial charge in [0.25, 0.3) is 0 Å². The molecule has 3 N–H and O–H groups in total. The van der Waals surface area contributed by atoms with Crippen molar-refractivity contribution in [3.05, 3.63) is 23.8 Å². The molecule has 2 rings (SSSR count). The summed E-state index contributed by atoms with van der Waals surface area (Å²) in [4.78, 5) is 11.4. The lowest BCUT2D eigenvalue weighted by Crippen LogP contribution is -2.51. The van der Waals surface area contributed by atoms with E-state index in [0.717, 1.165) is 5.56 Å². The molecule has 1 aromatic rings. The summed E-state index contributed by atoms with van der Waals surface area (Å²) >= 11 is 0. The Morgan fingerprint density at radius 3 is 3.00 bits per heavy atom. The molecule has 0 fully saturated rings. The lowest BCUT2D eigenvalue weighted by Gasteiger charge is -2.28. The number of aromatic hydroxyl groups is 1. The number of phenols is 1. The van der Waals surface area contributed by atoms with Crippen LogP contribution in [-0.2, 0) is 11.2 Å². The third-order valence-electron chi connectivity index (χ3n) is 2.29. The van der Waals surface area contributed by atoms with E-state index in [4.69, 9.17) is 10.5 Å². The van der Waals surface area contributed by atoms with Crippen LogP contribution >= 0.6 is 0 Å². The molecular weight excluding hydrogens is 182 g/mol. The van der Waals surface area contributed by atoms with Gasteiger partial charge in [0.1, 0.15) is 5.54 Å². The number of benzene rings is 1. The first-order valence-electron chi connectivity index (χ1n) is 4.33. The Labute approximate surface area is 81.3 Å². The van der Waals surface area contributed by atoms with Crippen molar-refractivity contribution < 1.29 is 14.6 Å². The Morgan fingerprint density at radius 1 is 1.57 bits per heavy atom. The molecule has 1 aliphatic rings. The van der Waals surface area contributed by atoms with Crippen LogP contribution in [-0.4, -0.2) is 16.6 Å². The molecule has 4 heteroatoms. The van der Waals surface area contributed by atoms with Gasteiger partial charge in [-0.3, -0.25) is 0 Å². The fourth-order valence-electron chi connectivity index (χ4n) is 1.51. The molecule has 1 aromatic carbocycles. The van der Waals surface area contributed by atoms with Crippen LogP contribution in [0.4, 0.5) is 0 Å². The maximum Gasteiger partial charge on any atom is 0.331 e. The zero-order valence-electron chi connectivity index (χ0n) is 7.78. The third-order valence-corrected chi connectivity index (χ3v) is 2.29. The van der Waals surface area contributed by atoms with Gasteiger partial charge in [-0.25, -0.2) is 4.79 Å². The van der Waals surface area contributed by atoms with E-state index in [1.54, 1.807) is 19.1 Å². The summed E-state index contributed by atoms with van der Waals surface area (Å²) in [6.07, 6.45) is 0.384. The fourth-order valence-corrected chi connectivity index (χ4v) is 1.51. The van der Waals surface area contributed by atoms with Crippen molar-refractivity contribution in [1.82, 2.24) is 0 Å². The van der Waals surface area contributed by atoms with Crippen LogP contribution in [0.2, 0.25) is 0 Å². The second kappa shape index (κ2) is 2.72. The molecule has 0 bridgehead atoms. The predicted molar refractivity (Wildman–Crippen MR) is 50.0 cm³/mol. The van der Waals surface area contributed by atoms with Crippen LogP contribution < -0.4 is 10.5 Å². The molecule has 1 aliphatic heterocycles. The largest absolute Gasteiger partial charge is 0.504 e. The average molecular weight is 193 g/mol. The van der Waals surface area contributed by atoms with E-state index in [1.807, 2.05) is 0 Å². The number of hydrogen-bond acceptors (Lipinski definition) is 4. The molecule has 1 unspecified atom stereocenters. The SMILES string of the molecule is CC1(N)Cc2cccc(O)c2OC1=O. The molecule has 0 aromatic heterocycles. The minimum absolute atomic E-state index is 0.0219. The number of fused-ring (bicyclic) bond motifs is 1. The van der Waals surface area contributed by atoms with Crippen molar-refractivity contribution in [2.45, 2.75) is 18.9 Å². The van der Waals surface area contributed by atoms with Crippen molar-refractivity contribution in [1.29, 1.82) is 0 Å². The normalized spacial score (nSPS) is 25.4. The molecule has 0 aliphatic carbocycles. The van der Waals surface area contributed by atoms with Gasteiger partial charge in [0.2, 0.25) is 0 Å². The van der Waals surface area contributed by atoms with Gasteiger partial charge in [0.05, 0.1) is 0 Å². The van der Waals surface area contributed by atoms with Crippen LogP contribution in [0.3, 0.4) is 0 Å². The fraction of sp³-hybridized carbons (Fsp3) is 0.300. The first kappa shape index (κ1) is 9.02. The van der Waals surface area contributed by atoms with Crippen LogP contribution in [0, 0.1) is 0 Å². The number of carbonyl (C=O) groups is 1. The molecule has 1 heterocycles. The topological polar surface area (TPSA) is 72.6 Å². The van der Waals surface area contributed by atoms with Crippen LogP contribution in [0.25, 0.3) is 0 Å². The van der Waals surface area contributed by atoms with Gasteiger partial charge in [0, 0.05) is 12.0 Å². The van der Waals surface area contributed by atoms with Gasteiger partial charge in [-0.1, -0.05) is 12.1 Å². The van der Waals surface area contributed by atoms with Gasteiger partial charge < -0.3 is 15.6 Å². The molecule has 0 saturated carbocycles. The zero-order chi connectivity index (χ0) is 10.3. The molecule has 4 nitrogen and oxygen atoms in total. The van der Waals surface area contributed by atoms with Crippen molar-refractivity contribution in [2.24, 2.45) is 5.73 Å². The summed E-state index contributed by atoms with van der Waals surface area (Å²) in [6, 6.07) is 4.96. The van der Waals surface area contributed by atoms with Crippen LogP contribution in [0.15, 0.2) is 18.2 Å². The Kier molecular flexibility index (Phi) is 1.75. The molecular formula is C10H11NO3. The zero-order valence-corrected chi connectivity index (χ0v) is 7.78. The molecule has 0 spiro atoms. The number of nitrogens with two attached hydrogens (primary N) is 1. The van der Waals surface area contributed by atoms with Gasteiger partial charge in [-0.15, -0.1) is 0 Å². The lowest BCUT2D eigenvalue weighted by molar-refractivity contribution is -0.141. The summed E-state index contributed by atoms with van der Waals surface area (Å²) in [5.74, 6) is -0.293. The Balaban J connectivity index is 2.51. The van der Waals surface area contributed by atoms with E-state index in [1.165, 1.54) is 6.07 Å². The number of ether oxygens (including phenoxy) is 1. The Hall–Kier alpha value is -1.55. The standard InChI is InChI=1S/C10H11NO3/c1-10(11)5-6-3-2-4-7(12)8(6)14-9(10)13/h2-4,12H,5,11H2,1H3. The molecule has 0 saturated heterocycles. The van der Waals surface area contributed by atoms with Crippen molar-refractivity contribution in [3.63, 3.8) is 0 Å². The van der Waals surface area contributed by atoms with E-state index >= 15 is 0 Å². The van der Waals surface area contributed by atoms with Crippen molar-refractivity contribution in [2.75, 3.05) is 0 Å². The number of carbonyl (C=O) groups excluding carboxylic acids is 1. The van der Waals surface area contributed by atoms with E-state index in [9.17, 15) is 9.90 Å². The summed E-state index contributed by atoms with van der Waals surface area (Å²) in [5, 5.41) is 9.43. The van der Waals surface area contributed by atoms with Gasteiger partial charge in [-0.2, -0.15) is 0 Å². The first-order chi connectivity index (χ1) is 6.50. The number of phenolic OH excluding ortho intramolecular Hbond substituents is 1. The van der Waals surface area contributed by atoms with E-state index in [-0.39, 0.29) is 11.5 Å². The highest BCUT2D eigenvalue weighted by molar-refractivity contribution is 5.85. The number of hydrogen-bond donors (Lipinski definition) is 2. The molecule has 74 valence electrons. The van der Waals surface area contributed by atoms with Crippen LogP contribution in [0.1, 0.15) is 12.5 Å². The summed E-state index contributed by atoms with van der Waals surface area (Å²) in [6.45, 7) is 1.61. The highest BCUT2D eigenvalue weighted by Crippen LogP contribution is 2.36. The Bertz CT molecular complexity index is 398. The number of esters is 1. The van der Waals surface area contributed by atoms with Crippen LogP contribution in [0.5, 0.6) is 11.5 Å². The summed E-state index contributed by atoms with van der Waals surface area (Å²) < 4.78 is 4.96. The Morgan fingerprint density at radius 2 is 2.29 bits per heavy atom. The molecule has 0 radical (unpaired) electrons. The van der Waals surface area contributed by atoms with Crippen molar-refractivity contribution >= 4 is 5.97 Å². The number of rotatable bonds is 0. The third kappa shape index (κ3) is 1.24. The van der Waals surface area contributed by atoms with Gasteiger partial charge in [-0.05, 0) is 13.0 Å². The number of para-hydroxylation sites is 1. The maximum absolute atomic E-state index is 11.4. The van der Waals surface area contributed by atoms with E-state index in [2.05, 4.69) is 0 Å². The highest BCUT2D eigenvalue weighted by atomic mass is 16.5. The molecule has 0 amide bonds. The smallest absolute Gasteiger partial charge is 0.331 e. The van der Waals surface area contributed by atoms with E-state index in [0.29, 0.717) is 6.42 Å². The molecule has 1 atom stereocenters. The average Bonchev–Trinajstić information content (AvgIpc) is 2.08. The second-order valence-electron chi connectivity index (χ2n) is 3.75. The predicted octanol–water partition coefficient (Wildman–Crippen LogP) is 0.571. The summed E-state index contributed by atoms with van der Waals surface area (Å²) in [7, 11) is 0. The van der Waals surface area contributed by atoms with Gasteiger partial charge >= 0.3 is 5.97 Å². The highest BCUT2D eigenvalue weighted by Gasteiger charge is 2.37.